The number of aryl methyl sites for hydroxylation is 1. The van der Waals surface area contributed by atoms with Crippen molar-refractivity contribution in [3.8, 4) is 0 Å². The smallest absolute Gasteiger partial charge is 0.135 e. The van der Waals surface area contributed by atoms with Crippen molar-refractivity contribution in [1.29, 1.82) is 0 Å². The Labute approximate surface area is 111 Å². The molecule has 2 aliphatic heterocycles. The third-order valence-corrected chi connectivity index (χ3v) is 4.36. The van der Waals surface area contributed by atoms with Gasteiger partial charge in [0.05, 0.1) is 31.5 Å². The zero-order chi connectivity index (χ0) is 12.7. The van der Waals surface area contributed by atoms with Gasteiger partial charge in [0, 0.05) is 18.7 Å². The van der Waals surface area contributed by atoms with Crippen LogP contribution in [0.2, 0.25) is 5.15 Å². The highest BCUT2D eigenvalue weighted by atomic mass is 35.5. The van der Waals surface area contributed by atoms with Crippen LogP contribution < -0.4 is 0 Å². The van der Waals surface area contributed by atoms with Crippen LogP contribution in [0.4, 0.5) is 4.39 Å². The molecule has 2 aliphatic rings. The quantitative estimate of drug-likeness (QED) is 0.824. The van der Waals surface area contributed by atoms with E-state index in [4.69, 9.17) is 16.3 Å². The fourth-order valence-electron chi connectivity index (χ4n) is 2.62. The standard InChI is InChI=1S/C12H17ClFN3O/c1-8-4-15-17(12(8)13)11-2-3-16(5-10(11)14)9-6-18-7-9/h4,9-11H,2-3,5-7H2,1H3. The molecule has 2 unspecified atom stereocenters. The van der Waals surface area contributed by atoms with E-state index in [-0.39, 0.29) is 6.04 Å². The Kier molecular flexibility index (Phi) is 3.30. The number of rotatable bonds is 2. The van der Waals surface area contributed by atoms with E-state index in [1.54, 1.807) is 10.9 Å². The molecular formula is C12H17ClFN3O. The highest BCUT2D eigenvalue weighted by molar-refractivity contribution is 6.30. The van der Waals surface area contributed by atoms with Gasteiger partial charge in [-0.05, 0) is 13.3 Å². The molecular weight excluding hydrogens is 257 g/mol. The summed E-state index contributed by atoms with van der Waals surface area (Å²) in [6.07, 6.45) is 1.52. The Morgan fingerprint density at radius 3 is 2.78 bits per heavy atom. The van der Waals surface area contributed by atoms with Crippen LogP contribution in [0.5, 0.6) is 0 Å². The molecule has 0 radical (unpaired) electrons. The molecule has 3 heterocycles. The van der Waals surface area contributed by atoms with Crippen LogP contribution in [0.1, 0.15) is 18.0 Å². The summed E-state index contributed by atoms with van der Waals surface area (Å²) in [6.45, 7) is 4.69. The lowest BCUT2D eigenvalue weighted by atomic mass is 10.0. The highest BCUT2D eigenvalue weighted by Crippen LogP contribution is 2.30. The number of nitrogens with zero attached hydrogens (tertiary/aromatic N) is 3. The Morgan fingerprint density at radius 1 is 1.50 bits per heavy atom. The summed E-state index contributed by atoms with van der Waals surface area (Å²) in [5.41, 5.74) is 0.902. The van der Waals surface area contributed by atoms with Crippen molar-refractivity contribution < 1.29 is 9.13 Å². The number of hydrogen-bond donors (Lipinski definition) is 0. The molecule has 0 bridgehead atoms. The van der Waals surface area contributed by atoms with Crippen LogP contribution in [0.3, 0.4) is 0 Å². The van der Waals surface area contributed by atoms with Crippen molar-refractivity contribution in [2.24, 2.45) is 0 Å². The van der Waals surface area contributed by atoms with Gasteiger partial charge < -0.3 is 4.74 Å². The lowest BCUT2D eigenvalue weighted by molar-refractivity contribution is -0.0847. The molecule has 0 aliphatic carbocycles. The number of aromatic nitrogens is 2. The van der Waals surface area contributed by atoms with Gasteiger partial charge in [-0.3, -0.25) is 4.90 Å². The number of piperidine rings is 1. The monoisotopic (exact) mass is 273 g/mol. The van der Waals surface area contributed by atoms with Crippen molar-refractivity contribution >= 4 is 11.6 Å². The molecule has 18 heavy (non-hydrogen) atoms. The summed E-state index contributed by atoms with van der Waals surface area (Å²) in [5.74, 6) is 0. The van der Waals surface area contributed by atoms with E-state index in [0.717, 1.165) is 31.7 Å². The maximum Gasteiger partial charge on any atom is 0.135 e. The molecule has 3 rings (SSSR count). The van der Waals surface area contributed by atoms with Crippen molar-refractivity contribution in [1.82, 2.24) is 14.7 Å². The van der Waals surface area contributed by atoms with E-state index in [2.05, 4.69) is 10.00 Å². The molecule has 1 aromatic heterocycles. The minimum atomic E-state index is -0.920. The largest absolute Gasteiger partial charge is 0.378 e. The lowest BCUT2D eigenvalue weighted by Crippen LogP contribution is -2.55. The van der Waals surface area contributed by atoms with Crippen molar-refractivity contribution in [2.45, 2.75) is 31.6 Å². The third-order valence-electron chi connectivity index (χ3n) is 3.89. The van der Waals surface area contributed by atoms with Gasteiger partial charge in [-0.25, -0.2) is 9.07 Å². The second-order valence-corrected chi connectivity index (χ2v) is 5.48. The second-order valence-electron chi connectivity index (χ2n) is 5.12. The lowest BCUT2D eigenvalue weighted by Gasteiger charge is -2.42. The van der Waals surface area contributed by atoms with Gasteiger partial charge in [-0.15, -0.1) is 0 Å². The van der Waals surface area contributed by atoms with Crippen LogP contribution in [-0.2, 0) is 4.74 Å². The Morgan fingerprint density at radius 2 is 2.28 bits per heavy atom. The first-order valence-corrected chi connectivity index (χ1v) is 6.70. The Bertz CT molecular complexity index is 435. The molecule has 0 spiro atoms. The van der Waals surface area contributed by atoms with Gasteiger partial charge >= 0.3 is 0 Å². The molecule has 2 saturated heterocycles. The summed E-state index contributed by atoms with van der Waals surface area (Å²) in [5, 5.41) is 4.75. The number of hydrogen-bond acceptors (Lipinski definition) is 3. The molecule has 4 nitrogen and oxygen atoms in total. The van der Waals surface area contributed by atoms with Crippen molar-refractivity contribution in [3.05, 3.63) is 16.9 Å². The Hall–Kier alpha value is -0.650. The van der Waals surface area contributed by atoms with Gasteiger partial charge in [0.2, 0.25) is 0 Å². The van der Waals surface area contributed by atoms with Gasteiger partial charge in [-0.2, -0.15) is 5.10 Å². The zero-order valence-corrected chi connectivity index (χ0v) is 11.1. The first kappa shape index (κ1) is 12.4. The van der Waals surface area contributed by atoms with Crippen LogP contribution in [-0.4, -0.2) is 53.2 Å². The molecule has 2 fully saturated rings. The maximum atomic E-state index is 14.3. The summed E-state index contributed by atoms with van der Waals surface area (Å²) < 4.78 is 21.1. The first-order chi connectivity index (χ1) is 8.66. The van der Waals surface area contributed by atoms with Gasteiger partial charge in [0.15, 0.2) is 0 Å². The van der Waals surface area contributed by atoms with E-state index in [1.165, 1.54) is 0 Å². The third kappa shape index (κ3) is 2.04. The van der Waals surface area contributed by atoms with E-state index in [9.17, 15) is 4.39 Å². The molecule has 0 N–H and O–H groups in total. The average molecular weight is 274 g/mol. The number of ether oxygens (including phenoxy) is 1. The SMILES string of the molecule is Cc1cnn(C2CCN(C3COC3)CC2F)c1Cl. The molecule has 1 aromatic rings. The highest BCUT2D eigenvalue weighted by Gasteiger charge is 2.37. The van der Waals surface area contributed by atoms with Crippen LogP contribution in [0, 0.1) is 6.92 Å². The van der Waals surface area contributed by atoms with Crippen LogP contribution in [0.15, 0.2) is 6.20 Å². The van der Waals surface area contributed by atoms with E-state index >= 15 is 0 Å². The van der Waals surface area contributed by atoms with Crippen LogP contribution >= 0.6 is 11.6 Å². The average Bonchev–Trinajstić information content (AvgIpc) is 2.58. The fourth-order valence-corrected chi connectivity index (χ4v) is 2.84. The van der Waals surface area contributed by atoms with Crippen LogP contribution in [0.25, 0.3) is 0 Å². The van der Waals surface area contributed by atoms with Gasteiger partial charge in [0.25, 0.3) is 0 Å². The topological polar surface area (TPSA) is 30.3 Å². The van der Waals surface area contributed by atoms with Crippen molar-refractivity contribution in [2.75, 3.05) is 26.3 Å². The summed E-state index contributed by atoms with van der Waals surface area (Å²) in [6, 6.07) is 0.169. The molecule has 100 valence electrons. The molecule has 2 atom stereocenters. The van der Waals surface area contributed by atoms with E-state index < -0.39 is 6.17 Å². The molecule has 0 amide bonds. The minimum Gasteiger partial charge on any atom is -0.378 e. The minimum absolute atomic E-state index is 0.233. The number of alkyl halides is 1. The number of likely N-dealkylation sites (tertiary alicyclic amines) is 1. The Balaban J connectivity index is 1.70. The first-order valence-electron chi connectivity index (χ1n) is 6.32. The van der Waals surface area contributed by atoms with E-state index in [1.807, 2.05) is 6.92 Å². The maximum absolute atomic E-state index is 14.3. The summed E-state index contributed by atoms with van der Waals surface area (Å²) in [7, 11) is 0. The predicted octanol–water partition coefficient (Wildman–Crippen LogP) is 1.83. The molecule has 6 heteroatoms. The normalized spacial score (nSPS) is 30.4. The zero-order valence-electron chi connectivity index (χ0n) is 10.4. The van der Waals surface area contributed by atoms with Gasteiger partial charge in [-0.1, -0.05) is 11.6 Å². The number of halogens is 2. The van der Waals surface area contributed by atoms with E-state index in [0.29, 0.717) is 17.7 Å². The van der Waals surface area contributed by atoms with Gasteiger partial charge in [0.1, 0.15) is 11.3 Å². The summed E-state index contributed by atoms with van der Waals surface area (Å²) >= 11 is 6.15. The fraction of sp³-hybridized carbons (Fsp3) is 0.750. The predicted molar refractivity (Wildman–Crippen MR) is 66.7 cm³/mol. The van der Waals surface area contributed by atoms with Crippen molar-refractivity contribution in [3.63, 3.8) is 0 Å². The summed E-state index contributed by atoms with van der Waals surface area (Å²) in [4.78, 5) is 2.18. The molecule has 0 aromatic carbocycles. The second kappa shape index (κ2) is 4.79. The molecule has 0 saturated carbocycles.